The molecule has 1 aliphatic heterocycles. The zero-order valence-electron chi connectivity index (χ0n) is 10.6. The lowest BCUT2D eigenvalue weighted by Crippen LogP contribution is -2.14. The van der Waals surface area contributed by atoms with E-state index in [1.807, 2.05) is 0 Å². The molecule has 1 atom stereocenters. The Kier molecular flexibility index (Phi) is 4.42. The summed E-state index contributed by atoms with van der Waals surface area (Å²) >= 11 is 0. The lowest BCUT2D eigenvalue weighted by atomic mass is 9.80. The predicted octanol–water partition coefficient (Wildman–Crippen LogP) is 3.52. The fourth-order valence-corrected chi connectivity index (χ4v) is 2.67. The van der Waals surface area contributed by atoms with Crippen molar-refractivity contribution in [2.24, 2.45) is 11.8 Å². The van der Waals surface area contributed by atoms with Crippen LogP contribution >= 0.6 is 0 Å². The van der Waals surface area contributed by atoms with Crippen molar-refractivity contribution < 1.29 is 9.47 Å². The van der Waals surface area contributed by atoms with E-state index in [9.17, 15) is 0 Å². The van der Waals surface area contributed by atoms with Gasteiger partial charge in [0.2, 0.25) is 0 Å². The summed E-state index contributed by atoms with van der Waals surface area (Å²) in [6.45, 7) is 6.24. The first-order valence-corrected chi connectivity index (χ1v) is 6.67. The molecule has 0 spiro atoms. The molecule has 2 rings (SSSR count). The van der Waals surface area contributed by atoms with Gasteiger partial charge >= 0.3 is 0 Å². The van der Waals surface area contributed by atoms with E-state index in [-0.39, 0.29) is 6.29 Å². The van der Waals surface area contributed by atoms with E-state index in [1.54, 1.807) is 5.57 Å². The van der Waals surface area contributed by atoms with E-state index >= 15 is 0 Å². The lowest BCUT2D eigenvalue weighted by Gasteiger charge is -2.26. The SMILES string of the molecule is CC(C)C1CCC=C(CCC2OCCO2)C1. The topological polar surface area (TPSA) is 18.5 Å². The van der Waals surface area contributed by atoms with Crippen molar-refractivity contribution in [2.45, 2.75) is 52.2 Å². The second-order valence-electron chi connectivity index (χ2n) is 5.36. The quantitative estimate of drug-likeness (QED) is 0.680. The summed E-state index contributed by atoms with van der Waals surface area (Å²) in [5, 5.41) is 0. The van der Waals surface area contributed by atoms with Crippen molar-refractivity contribution in [3.63, 3.8) is 0 Å². The second-order valence-corrected chi connectivity index (χ2v) is 5.36. The maximum atomic E-state index is 5.47. The van der Waals surface area contributed by atoms with Gasteiger partial charge in [-0.05, 0) is 37.5 Å². The standard InChI is InChI=1S/C14H24O2/c1-11(2)13-5-3-4-12(10-13)6-7-14-15-8-9-16-14/h4,11,13-14H,3,5-10H2,1-2H3. The van der Waals surface area contributed by atoms with E-state index in [2.05, 4.69) is 19.9 Å². The molecule has 0 saturated carbocycles. The molecule has 1 unspecified atom stereocenters. The predicted molar refractivity (Wildman–Crippen MR) is 65.2 cm³/mol. The van der Waals surface area contributed by atoms with Crippen LogP contribution in [-0.4, -0.2) is 19.5 Å². The van der Waals surface area contributed by atoms with Crippen molar-refractivity contribution in [3.05, 3.63) is 11.6 Å². The molecule has 1 fully saturated rings. The number of rotatable bonds is 4. The minimum Gasteiger partial charge on any atom is -0.350 e. The highest BCUT2D eigenvalue weighted by Gasteiger charge is 2.20. The number of ether oxygens (including phenoxy) is 2. The Morgan fingerprint density at radius 2 is 2.06 bits per heavy atom. The first kappa shape index (κ1) is 12.1. The molecule has 0 N–H and O–H groups in total. The van der Waals surface area contributed by atoms with Crippen LogP contribution in [0.1, 0.15) is 46.0 Å². The fraction of sp³-hybridized carbons (Fsp3) is 0.857. The highest BCUT2D eigenvalue weighted by molar-refractivity contribution is 5.07. The molecule has 0 aromatic carbocycles. The van der Waals surface area contributed by atoms with E-state index in [4.69, 9.17) is 9.47 Å². The van der Waals surface area contributed by atoms with Crippen LogP contribution in [0.4, 0.5) is 0 Å². The van der Waals surface area contributed by atoms with Gasteiger partial charge < -0.3 is 9.47 Å². The minimum absolute atomic E-state index is 0.0697. The highest BCUT2D eigenvalue weighted by atomic mass is 16.7. The zero-order chi connectivity index (χ0) is 11.4. The normalized spacial score (nSPS) is 27.4. The van der Waals surface area contributed by atoms with Crippen molar-refractivity contribution in [1.82, 2.24) is 0 Å². The third-order valence-corrected chi connectivity index (χ3v) is 3.83. The Hall–Kier alpha value is -0.340. The monoisotopic (exact) mass is 224 g/mol. The average Bonchev–Trinajstić information content (AvgIpc) is 2.79. The molecular formula is C14H24O2. The zero-order valence-corrected chi connectivity index (χ0v) is 10.6. The summed E-state index contributed by atoms with van der Waals surface area (Å²) in [5.74, 6) is 1.72. The van der Waals surface area contributed by atoms with Crippen LogP contribution in [0.5, 0.6) is 0 Å². The van der Waals surface area contributed by atoms with Gasteiger partial charge in [-0.2, -0.15) is 0 Å². The molecule has 0 aromatic heterocycles. The summed E-state index contributed by atoms with van der Waals surface area (Å²) in [6, 6.07) is 0. The van der Waals surface area contributed by atoms with Gasteiger partial charge in [-0.25, -0.2) is 0 Å². The molecule has 92 valence electrons. The van der Waals surface area contributed by atoms with Gasteiger partial charge in [-0.3, -0.25) is 0 Å². The fourth-order valence-electron chi connectivity index (χ4n) is 2.67. The van der Waals surface area contributed by atoms with Gasteiger partial charge in [-0.15, -0.1) is 0 Å². The molecule has 1 saturated heterocycles. The Morgan fingerprint density at radius 1 is 1.31 bits per heavy atom. The maximum absolute atomic E-state index is 5.47. The van der Waals surface area contributed by atoms with Gasteiger partial charge in [0, 0.05) is 6.42 Å². The molecule has 0 bridgehead atoms. The first-order chi connectivity index (χ1) is 7.75. The highest BCUT2D eigenvalue weighted by Crippen LogP contribution is 2.32. The van der Waals surface area contributed by atoms with E-state index in [1.165, 1.54) is 19.3 Å². The molecule has 2 heteroatoms. The molecule has 2 aliphatic rings. The van der Waals surface area contributed by atoms with Crippen molar-refractivity contribution in [1.29, 1.82) is 0 Å². The number of hydrogen-bond acceptors (Lipinski definition) is 2. The molecule has 16 heavy (non-hydrogen) atoms. The largest absolute Gasteiger partial charge is 0.350 e. The summed E-state index contributed by atoms with van der Waals surface area (Å²) < 4.78 is 10.9. The van der Waals surface area contributed by atoms with Gasteiger partial charge in [-0.1, -0.05) is 25.5 Å². The van der Waals surface area contributed by atoms with Gasteiger partial charge in [0.05, 0.1) is 13.2 Å². The first-order valence-electron chi connectivity index (χ1n) is 6.67. The van der Waals surface area contributed by atoms with Crippen LogP contribution < -0.4 is 0 Å². The summed E-state index contributed by atoms with van der Waals surface area (Å²) in [7, 11) is 0. The van der Waals surface area contributed by atoms with E-state index in [0.29, 0.717) is 0 Å². The summed E-state index contributed by atoms with van der Waals surface area (Å²) in [5.41, 5.74) is 1.63. The summed E-state index contributed by atoms with van der Waals surface area (Å²) in [6.07, 6.45) is 8.64. The van der Waals surface area contributed by atoms with Crippen LogP contribution in [0.15, 0.2) is 11.6 Å². The molecule has 0 radical (unpaired) electrons. The third kappa shape index (κ3) is 3.33. The Morgan fingerprint density at radius 3 is 2.75 bits per heavy atom. The van der Waals surface area contributed by atoms with Crippen LogP contribution in [0.3, 0.4) is 0 Å². The third-order valence-electron chi connectivity index (χ3n) is 3.83. The second kappa shape index (κ2) is 5.83. The van der Waals surface area contributed by atoms with Crippen LogP contribution in [0.25, 0.3) is 0 Å². The molecule has 1 heterocycles. The molecule has 0 amide bonds. The smallest absolute Gasteiger partial charge is 0.158 e. The Bertz CT molecular complexity index is 239. The van der Waals surface area contributed by atoms with E-state index in [0.717, 1.165) is 37.9 Å². The number of hydrogen-bond donors (Lipinski definition) is 0. The van der Waals surface area contributed by atoms with Gasteiger partial charge in [0.25, 0.3) is 0 Å². The maximum Gasteiger partial charge on any atom is 0.158 e. The van der Waals surface area contributed by atoms with Crippen LogP contribution in [0, 0.1) is 11.8 Å². The molecule has 1 aliphatic carbocycles. The van der Waals surface area contributed by atoms with Gasteiger partial charge in [0.1, 0.15) is 0 Å². The van der Waals surface area contributed by atoms with Crippen LogP contribution in [0.2, 0.25) is 0 Å². The van der Waals surface area contributed by atoms with Gasteiger partial charge in [0.15, 0.2) is 6.29 Å². The van der Waals surface area contributed by atoms with Crippen molar-refractivity contribution in [2.75, 3.05) is 13.2 Å². The molecule has 2 nitrogen and oxygen atoms in total. The number of allylic oxidation sites excluding steroid dienone is 2. The lowest BCUT2D eigenvalue weighted by molar-refractivity contribution is -0.0464. The Balaban J connectivity index is 1.74. The van der Waals surface area contributed by atoms with Crippen molar-refractivity contribution >= 4 is 0 Å². The van der Waals surface area contributed by atoms with Crippen LogP contribution in [-0.2, 0) is 9.47 Å². The van der Waals surface area contributed by atoms with Crippen molar-refractivity contribution in [3.8, 4) is 0 Å². The average molecular weight is 224 g/mol. The summed E-state index contributed by atoms with van der Waals surface area (Å²) in [4.78, 5) is 0. The Labute approximate surface area is 99.0 Å². The molecule has 0 aromatic rings. The van der Waals surface area contributed by atoms with E-state index < -0.39 is 0 Å². The molecular weight excluding hydrogens is 200 g/mol. The minimum atomic E-state index is 0.0697.